The van der Waals surface area contributed by atoms with E-state index in [0.29, 0.717) is 6.04 Å². The minimum Gasteiger partial charge on any atom is -0.339 e. The molecule has 0 spiro atoms. The molecule has 0 bridgehead atoms. The Kier molecular flexibility index (Phi) is 3.06. The first-order chi connectivity index (χ1) is 10.1. The highest BCUT2D eigenvalue weighted by Crippen LogP contribution is 2.31. The van der Waals surface area contributed by atoms with Crippen molar-refractivity contribution in [3.05, 3.63) is 32.5 Å². The number of piperidine rings is 1. The van der Waals surface area contributed by atoms with Crippen LogP contribution in [0.15, 0.2) is 21.4 Å². The number of fused-ring (bicyclic) bond motifs is 4. The molecular formula is C16H18BrN3O. The van der Waals surface area contributed by atoms with Gasteiger partial charge in [0, 0.05) is 23.6 Å². The molecule has 1 aromatic heterocycles. The molecule has 1 atom stereocenters. The van der Waals surface area contributed by atoms with Crippen LogP contribution < -0.4 is 10.5 Å². The van der Waals surface area contributed by atoms with Crippen molar-refractivity contribution in [2.75, 3.05) is 11.4 Å². The first-order valence-electron chi connectivity index (χ1n) is 7.62. The Morgan fingerprint density at radius 2 is 2.10 bits per heavy atom. The van der Waals surface area contributed by atoms with E-state index in [1.807, 2.05) is 23.6 Å². The minimum absolute atomic E-state index is 0.100. The van der Waals surface area contributed by atoms with Crippen LogP contribution in [0.4, 0.5) is 5.95 Å². The van der Waals surface area contributed by atoms with Crippen LogP contribution in [0, 0.1) is 6.92 Å². The second kappa shape index (κ2) is 4.83. The van der Waals surface area contributed by atoms with Crippen LogP contribution in [-0.2, 0) is 6.54 Å². The fourth-order valence-electron chi connectivity index (χ4n) is 3.67. The quantitative estimate of drug-likeness (QED) is 0.734. The third-order valence-electron chi connectivity index (χ3n) is 4.71. The molecule has 1 fully saturated rings. The third-order valence-corrected chi connectivity index (χ3v) is 5.31. The van der Waals surface area contributed by atoms with Gasteiger partial charge in [-0.05, 0) is 66.2 Å². The number of halogens is 1. The zero-order valence-electron chi connectivity index (χ0n) is 12.1. The Morgan fingerprint density at radius 3 is 2.95 bits per heavy atom. The smallest absolute Gasteiger partial charge is 0.262 e. The maximum atomic E-state index is 12.8. The molecule has 2 aliphatic heterocycles. The molecule has 4 rings (SSSR count). The first kappa shape index (κ1) is 13.3. The van der Waals surface area contributed by atoms with Crippen molar-refractivity contribution in [3.8, 4) is 0 Å². The van der Waals surface area contributed by atoms with E-state index < -0.39 is 0 Å². The summed E-state index contributed by atoms with van der Waals surface area (Å²) in [6.07, 6.45) is 4.78. The van der Waals surface area contributed by atoms with Crippen molar-refractivity contribution in [2.45, 2.75) is 45.2 Å². The van der Waals surface area contributed by atoms with E-state index in [4.69, 9.17) is 4.98 Å². The first-order valence-corrected chi connectivity index (χ1v) is 8.42. The normalized spacial score (nSPS) is 21.2. The maximum absolute atomic E-state index is 12.8. The topological polar surface area (TPSA) is 38.1 Å². The molecule has 3 heterocycles. The second-order valence-electron chi connectivity index (χ2n) is 6.14. The van der Waals surface area contributed by atoms with Gasteiger partial charge in [-0.25, -0.2) is 4.98 Å². The molecule has 1 saturated heterocycles. The Morgan fingerprint density at radius 1 is 1.24 bits per heavy atom. The molecule has 4 nitrogen and oxygen atoms in total. The van der Waals surface area contributed by atoms with Crippen LogP contribution in [-0.4, -0.2) is 22.1 Å². The molecular weight excluding hydrogens is 330 g/mol. The van der Waals surface area contributed by atoms with Gasteiger partial charge in [-0.15, -0.1) is 0 Å². The molecule has 1 aromatic carbocycles. The van der Waals surface area contributed by atoms with Gasteiger partial charge in [0.25, 0.3) is 5.56 Å². The fraction of sp³-hybridized carbons (Fsp3) is 0.500. The van der Waals surface area contributed by atoms with E-state index in [9.17, 15) is 4.79 Å². The Bertz CT molecular complexity index is 783. The van der Waals surface area contributed by atoms with Crippen molar-refractivity contribution in [1.82, 2.24) is 9.55 Å². The molecule has 0 amide bonds. The molecule has 2 aromatic rings. The van der Waals surface area contributed by atoms with Crippen LogP contribution in [0.2, 0.25) is 0 Å². The lowest BCUT2D eigenvalue weighted by Crippen LogP contribution is -2.47. The lowest BCUT2D eigenvalue weighted by Gasteiger charge is -2.41. The van der Waals surface area contributed by atoms with Crippen molar-refractivity contribution in [1.29, 1.82) is 0 Å². The minimum atomic E-state index is 0.100. The summed E-state index contributed by atoms with van der Waals surface area (Å²) in [6, 6.07) is 4.54. The van der Waals surface area contributed by atoms with E-state index in [0.717, 1.165) is 46.4 Å². The zero-order chi connectivity index (χ0) is 14.6. The van der Waals surface area contributed by atoms with E-state index in [2.05, 4.69) is 20.8 Å². The lowest BCUT2D eigenvalue weighted by atomic mass is 9.98. The molecule has 5 heteroatoms. The second-order valence-corrected chi connectivity index (χ2v) is 7.00. The zero-order valence-corrected chi connectivity index (χ0v) is 13.7. The monoisotopic (exact) mass is 347 g/mol. The van der Waals surface area contributed by atoms with E-state index in [-0.39, 0.29) is 5.56 Å². The summed E-state index contributed by atoms with van der Waals surface area (Å²) in [5.74, 6) is 0.869. The van der Waals surface area contributed by atoms with Gasteiger partial charge < -0.3 is 4.90 Å². The summed E-state index contributed by atoms with van der Waals surface area (Å²) in [7, 11) is 0. The lowest BCUT2D eigenvalue weighted by molar-refractivity contribution is 0.372. The molecule has 0 aliphatic carbocycles. The van der Waals surface area contributed by atoms with E-state index in [1.54, 1.807) is 0 Å². The van der Waals surface area contributed by atoms with Crippen molar-refractivity contribution < 1.29 is 0 Å². The van der Waals surface area contributed by atoms with Gasteiger partial charge in [0.1, 0.15) is 0 Å². The molecule has 21 heavy (non-hydrogen) atoms. The maximum Gasteiger partial charge on any atom is 0.262 e. The molecule has 110 valence electrons. The summed E-state index contributed by atoms with van der Waals surface area (Å²) in [6.45, 7) is 3.82. The van der Waals surface area contributed by atoms with Crippen molar-refractivity contribution in [2.24, 2.45) is 0 Å². The van der Waals surface area contributed by atoms with Gasteiger partial charge in [-0.1, -0.05) is 0 Å². The van der Waals surface area contributed by atoms with Gasteiger partial charge >= 0.3 is 0 Å². The SMILES string of the molecule is Cc1cc(Br)c2nc3n(c(=O)c2c1)CCC1CCCCN31. The highest BCUT2D eigenvalue weighted by molar-refractivity contribution is 9.10. The number of rotatable bonds is 0. The summed E-state index contributed by atoms with van der Waals surface area (Å²) in [5, 5.41) is 0.723. The Balaban J connectivity index is 2.00. The molecule has 0 saturated carbocycles. The van der Waals surface area contributed by atoms with Crippen LogP contribution in [0.5, 0.6) is 0 Å². The predicted molar refractivity (Wildman–Crippen MR) is 88.0 cm³/mol. The number of benzene rings is 1. The summed E-state index contributed by atoms with van der Waals surface area (Å²) in [4.78, 5) is 20.0. The van der Waals surface area contributed by atoms with Crippen LogP contribution in [0.1, 0.15) is 31.2 Å². The molecule has 1 unspecified atom stereocenters. The summed E-state index contributed by atoms with van der Waals surface area (Å²) >= 11 is 3.57. The third kappa shape index (κ3) is 2.01. The number of aromatic nitrogens is 2. The fourth-order valence-corrected chi connectivity index (χ4v) is 4.33. The average molecular weight is 348 g/mol. The largest absolute Gasteiger partial charge is 0.339 e. The van der Waals surface area contributed by atoms with Crippen molar-refractivity contribution >= 4 is 32.8 Å². The standard InChI is InChI=1S/C16H18BrN3O/c1-10-8-12-14(13(17)9-10)18-16-19-6-3-2-4-11(19)5-7-20(16)15(12)21/h8-9,11H,2-7H2,1H3. The summed E-state index contributed by atoms with van der Waals surface area (Å²) in [5.41, 5.74) is 1.98. The van der Waals surface area contributed by atoms with E-state index in [1.165, 1.54) is 19.3 Å². The van der Waals surface area contributed by atoms with Crippen LogP contribution in [0.3, 0.4) is 0 Å². The summed E-state index contributed by atoms with van der Waals surface area (Å²) < 4.78 is 2.79. The number of hydrogen-bond acceptors (Lipinski definition) is 3. The molecule has 0 N–H and O–H groups in total. The van der Waals surface area contributed by atoms with Gasteiger partial charge in [0.2, 0.25) is 5.95 Å². The van der Waals surface area contributed by atoms with Crippen LogP contribution >= 0.6 is 15.9 Å². The number of anilines is 1. The van der Waals surface area contributed by atoms with Crippen molar-refractivity contribution in [3.63, 3.8) is 0 Å². The molecule has 0 radical (unpaired) electrons. The number of aryl methyl sites for hydroxylation is 1. The number of hydrogen-bond donors (Lipinski definition) is 0. The highest BCUT2D eigenvalue weighted by Gasteiger charge is 2.31. The van der Waals surface area contributed by atoms with Gasteiger partial charge in [0.15, 0.2) is 0 Å². The average Bonchev–Trinajstić information content (AvgIpc) is 2.48. The van der Waals surface area contributed by atoms with Gasteiger partial charge in [-0.2, -0.15) is 0 Å². The van der Waals surface area contributed by atoms with Crippen LogP contribution in [0.25, 0.3) is 10.9 Å². The molecule has 2 aliphatic rings. The predicted octanol–water partition coefficient (Wildman–Crippen LogP) is 3.23. The Labute approximate surface area is 131 Å². The number of nitrogens with zero attached hydrogens (tertiary/aromatic N) is 3. The van der Waals surface area contributed by atoms with E-state index >= 15 is 0 Å². The van der Waals surface area contributed by atoms with Gasteiger partial charge in [0.05, 0.1) is 10.9 Å². The Hall–Kier alpha value is -1.36. The van der Waals surface area contributed by atoms with Gasteiger partial charge in [-0.3, -0.25) is 9.36 Å². The highest BCUT2D eigenvalue weighted by atomic mass is 79.9.